The predicted octanol–water partition coefficient (Wildman–Crippen LogP) is 1.51. The van der Waals surface area contributed by atoms with E-state index in [1.54, 1.807) is 61.5 Å². The highest BCUT2D eigenvalue weighted by Crippen LogP contribution is 2.30. The fraction of sp³-hybridized carbons (Fsp3) is 0.333. The molecule has 0 spiro atoms. The Labute approximate surface area is 298 Å². The van der Waals surface area contributed by atoms with Gasteiger partial charge in [0.1, 0.15) is 13.1 Å². The van der Waals surface area contributed by atoms with E-state index in [1.807, 2.05) is 0 Å². The fourth-order valence-electron chi connectivity index (χ4n) is 4.60. The molecule has 0 fully saturated rings. The van der Waals surface area contributed by atoms with E-state index in [9.17, 15) is 38.4 Å². The van der Waals surface area contributed by atoms with Crippen molar-refractivity contribution in [1.29, 1.82) is 0 Å². The molecule has 3 rings (SSSR count). The standard InChI is InChI=1S/C36H38N2O14/c1-3-48-33(44)23-38-21-26-12-7-8-13-27(26)35(36(38)46)52-32(43)17-16-30(41)49-18-9-19-50-34(45)22-37(20-25-10-5-4-6-11-25)28(39)24-51-31(42)15-14-29(40)47-2/h4-8,10-17,35H,3,9,18-24H2,1-2H3/b15-14+,17-16+. The van der Waals surface area contributed by atoms with Gasteiger partial charge in [0.05, 0.1) is 26.9 Å². The van der Waals surface area contributed by atoms with Crippen LogP contribution in [0.1, 0.15) is 36.1 Å². The smallest absolute Gasteiger partial charge is 0.332 e. The average Bonchev–Trinajstić information content (AvgIpc) is 3.13. The van der Waals surface area contributed by atoms with Crippen molar-refractivity contribution < 1.29 is 66.8 Å². The van der Waals surface area contributed by atoms with Crippen LogP contribution in [0.5, 0.6) is 0 Å². The van der Waals surface area contributed by atoms with Gasteiger partial charge in [-0.15, -0.1) is 0 Å². The van der Waals surface area contributed by atoms with Gasteiger partial charge in [0.2, 0.25) is 6.10 Å². The highest BCUT2D eigenvalue weighted by Gasteiger charge is 2.36. The number of esters is 6. The van der Waals surface area contributed by atoms with Crippen LogP contribution in [-0.2, 0) is 79.9 Å². The van der Waals surface area contributed by atoms with Gasteiger partial charge in [-0.25, -0.2) is 19.2 Å². The second kappa shape index (κ2) is 21.0. The maximum Gasteiger partial charge on any atom is 0.332 e. The summed E-state index contributed by atoms with van der Waals surface area (Å²) >= 11 is 0. The number of hydrogen-bond donors (Lipinski definition) is 0. The minimum Gasteiger partial charge on any atom is -0.466 e. The molecular weight excluding hydrogens is 684 g/mol. The summed E-state index contributed by atoms with van der Waals surface area (Å²) < 4.78 is 29.7. The molecule has 0 radical (unpaired) electrons. The Morgan fingerprint density at radius 1 is 0.769 bits per heavy atom. The van der Waals surface area contributed by atoms with Crippen molar-refractivity contribution in [3.05, 3.63) is 95.6 Å². The molecule has 1 unspecified atom stereocenters. The molecule has 1 aliphatic heterocycles. The third-order valence-corrected chi connectivity index (χ3v) is 7.03. The highest BCUT2D eigenvalue weighted by molar-refractivity contribution is 5.95. The first kappa shape index (κ1) is 40.1. The van der Waals surface area contributed by atoms with Crippen LogP contribution in [0, 0.1) is 0 Å². The monoisotopic (exact) mass is 722 g/mol. The molecule has 16 nitrogen and oxygen atoms in total. The first-order chi connectivity index (χ1) is 25.0. The van der Waals surface area contributed by atoms with Gasteiger partial charge in [0.25, 0.3) is 11.8 Å². The zero-order valence-corrected chi connectivity index (χ0v) is 28.6. The largest absolute Gasteiger partial charge is 0.466 e. The maximum absolute atomic E-state index is 13.1. The zero-order valence-electron chi connectivity index (χ0n) is 28.6. The number of carbonyl (C=O) groups is 8. The van der Waals surface area contributed by atoms with E-state index in [0.29, 0.717) is 16.7 Å². The second-order valence-corrected chi connectivity index (χ2v) is 10.8. The summed E-state index contributed by atoms with van der Waals surface area (Å²) in [4.78, 5) is 100. The molecule has 0 saturated heterocycles. The topological polar surface area (TPSA) is 198 Å². The molecule has 276 valence electrons. The maximum atomic E-state index is 13.1. The molecule has 2 aromatic carbocycles. The number of rotatable bonds is 18. The minimum absolute atomic E-state index is 0.00394. The van der Waals surface area contributed by atoms with Gasteiger partial charge in [0.15, 0.2) is 6.61 Å². The summed E-state index contributed by atoms with van der Waals surface area (Å²) in [5, 5.41) is 0. The Hall–Kier alpha value is -6.32. The average molecular weight is 723 g/mol. The molecule has 1 aliphatic rings. The van der Waals surface area contributed by atoms with Crippen molar-refractivity contribution in [1.82, 2.24) is 9.80 Å². The Morgan fingerprint density at radius 3 is 2.12 bits per heavy atom. The predicted molar refractivity (Wildman–Crippen MR) is 177 cm³/mol. The van der Waals surface area contributed by atoms with Crippen LogP contribution < -0.4 is 0 Å². The lowest BCUT2D eigenvalue weighted by atomic mass is 9.96. The van der Waals surface area contributed by atoms with Gasteiger partial charge in [-0.3, -0.25) is 19.2 Å². The highest BCUT2D eigenvalue weighted by atomic mass is 16.6. The normalized spacial score (nSPS) is 13.5. The van der Waals surface area contributed by atoms with Crippen LogP contribution in [0.4, 0.5) is 0 Å². The third kappa shape index (κ3) is 13.5. The van der Waals surface area contributed by atoms with Crippen molar-refractivity contribution in [3.63, 3.8) is 0 Å². The number of nitrogens with zero attached hydrogens (tertiary/aromatic N) is 2. The van der Waals surface area contributed by atoms with Gasteiger partial charge in [-0.2, -0.15) is 0 Å². The number of carbonyl (C=O) groups excluding carboxylic acids is 8. The molecule has 0 bridgehead atoms. The van der Waals surface area contributed by atoms with Crippen LogP contribution in [-0.4, -0.2) is 104 Å². The molecule has 0 saturated carbocycles. The van der Waals surface area contributed by atoms with Gasteiger partial charge >= 0.3 is 35.8 Å². The van der Waals surface area contributed by atoms with Crippen molar-refractivity contribution in [3.8, 4) is 0 Å². The molecule has 0 aliphatic carbocycles. The Bertz CT molecular complexity index is 1670. The van der Waals surface area contributed by atoms with Crippen LogP contribution in [0.3, 0.4) is 0 Å². The van der Waals surface area contributed by atoms with Crippen LogP contribution in [0.2, 0.25) is 0 Å². The van der Waals surface area contributed by atoms with Gasteiger partial charge in [-0.05, 0) is 18.1 Å². The number of methoxy groups -OCH3 is 1. The van der Waals surface area contributed by atoms with Crippen molar-refractivity contribution >= 4 is 47.6 Å². The van der Waals surface area contributed by atoms with Gasteiger partial charge in [0, 0.05) is 49.4 Å². The van der Waals surface area contributed by atoms with Crippen LogP contribution in [0.25, 0.3) is 0 Å². The molecule has 1 heterocycles. The Balaban J connectivity index is 1.44. The molecule has 52 heavy (non-hydrogen) atoms. The van der Waals surface area contributed by atoms with E-state index in [0.717, 1.165) is 36.3 Å². The van der Waals surface area contributed by atoms with E-state index in [-0.39, 0.29) is 45.9 Å². The third-order valence-electron chi connectivity index (χ3n) is 7.03. The van der Waals surface area contributed by atoms with Crippen molar-refractivity contribution in [2.24, 2.45) is 0 Å². The first-order valence-corrected chi connectivity index (χ1v) is 16.0. The molecular formula is C36H38N2O14. The van der Waals surface area contributed by atoms with Gasteiger partial charge < -0.3 is 38.2 Å². The summed E-state index contributed by atoms with van der Waals surface area (Å²) in [5.74, 6) is -6.37. The van der Waals surface area contributed by atoms with Crippen molar-refractivity contribution in [2.45, 2.75) is 32.5 Å². The summed E-state index contributed by atoms with van der Waals surface area (Å²) in [7, 11) is 1.13. The molecule has 1 atom stereocenters. The van der Waals surface area contributed by atoms with E-state index < -0.39 is 66.9 Å². The summed E-state index contributed by atoms with van der Waals surface area (Å²) in [6.07, 6.45) is 1.98. The quantitative estimate of drug-likeness (QED) is 0.0929. The van der Waals surface area contributed by atoms with E-state index in [1.165, 1.54) is 4.90 Å². The van der Waals surface area contributed by atoms with Crippen molar-refractivity contribution in [2.75, 3.05) is 46.6 Å². The Morgan fingerprint density at radius 2 is 1.40 bits per heavy atom. The SMILES string of the molecule is CCOC(=O)CN1Cc2ccccc2C(OC(=O)/C=C/C(=O)OCCCOC(=O)CN(Cc2ccccc2)C(=O)COC(=O)/C=C/C(=O)OC)C1=O. The van der Waals surface area contributed by atoms with E-state index >= 15 is 0 Å². The van der Waals surface area contributed by atoms with Crippen LogP contribution in [0.15, 0.2) is 78.9 Å². The molecule has 0 N–H and O–H groups in total. The number of amides is 2. The van der Waals surface area contributed by atoms with E-state index in [2.05, 4.69) is 4.74 Å². The number of benzene rings is 2. The summed E-state index contributed by atoms with van der Waals surface area (Å²) in [6.45, 7) is 0.0207. The lowest BCUT2D eigenvalue weighted by molar-refractivity contribution is -0.162. The second-order valence-electron chi connectivity index (χ2n) is 10.8. The first-order valence-electron chi connectivity index (χ1n) is 16.0. The number of ether oxygens (including phenoxy) is 6. The molecule has 0 aromatic heterocycles. The molecule has 2 aromatic rings. The molecule has 16 heteroatoms. The zero-order chi connectivity index (χ0) is 37.9. The lowest BCUT2D eigenvalue weighted by Gasteiger charge is -2.32. The summed E-state index contributed by atoms with van der Waals surface area (Å²) in [5.41, 5.74) is 1.82. The fourth-order valence-corrected chi connectivity index (χ4v) is 4.60. The number of hydrogen-bond acceptors (Lipinski definition) is 14. The minimum atomic E-state index is -1.34. The molecule has 2 amide bonds. The van der Waals surface area contributed by atoms with Gasteiger partial charge in [-0.1, -0.05) is 54.6 Å². The summed E-state index contributed by atoms with van der Waals surface area (Å²) in [6, 6.07) is 15.5. The Kier molecular flexibility index (Phi) is 16.2. The number of fused-ring (bicyclic) bond motifs is 1. The van der Waals surface area contributed by atoms with E-state index in [4.69, 9.17) is 23.7 Å². The van der Waals surface area contributed by atoms with Crippen LogP contribution >= 0.6 is 0 Å². The lowest BCUT2D eigenvalue weighted by Crippen LogP contribution is -2.43.